The molecule has 0 saturated heterocycles. The summed E-state index contributed by atoms with van der Waals surface area (Å²) in [7, 11) is 0. The van der Waals surface area contributed by atoms with E-state index >= 15 is 0 Å². The van der Waals surface area contributed by atoms with Gasteiger partial charge in [0, 0.05) is 10.0 Å². The number of nitrogens with one attached hydrogen (secondary N) is 1. The van der Waals surface area contributed by atoms with Crippen LogP contribution in [-0.4, -0.2) is 26.6 Å². The minimum atomic E-state index is -2.00. The molecule has 0 unspecified atom stereocenters. The molecular weight excluding hydrogens is 362 g/mol. The van der Waals surface area contributed by atoms with Crippen molar-refractivity contribution in [3.8, 4) is 5.69 Å². The number of benzene rings is 1. The number of aromatic nitrogens is 2. The number of aromatic carboxylic acids is 2. The maximum absolute atomic E-state index is 12.2. The third-order valence-electron chi connectivity index (χ3n) is 2.63. The zero-order valence-corrected chi connectivity index (χ0v) is 14.9. The predicted octanol–water partition coefficient (Wildman–Crippen LogP) is -3.10. The molecule has 0 aliphatic rings. The molecule has 0 amide bonds. The summed E-state index contributed by atoms with van der Waals surface area (Å²) in [6, 6.07) is 3.71. The Kier molecular flexibility index (Phi) is 6.20. The molecule has 1 aromatic carbocycles. The molecule has 0 spiro atoms. The number of nitrogens with zero attached hydrogens (tertiary/aromatic N) is 1. The van der Waals surface area contributed by atoms with Crippen LogP contribution in [0.1, 0.15) is 20.8 Å². The topological polar surface area (TPSA) is 132 Å². The molecule has 2 N–H and O–H groups in total. The Morgan fingerprint density at radius 3 is 2.09 bits per heavy atom. The Morgan fingerprint density at radius 1 is 1.13 bits per heavy atom. The maximum atomic E-state index is 12.2. The van der Waals surface area contributed by atoms with Gasteiger partial charge in [0.05, 0.1) is 17.4 Å². The molecule has 0 atom stereocenters. The van der Waals surface area contributed by atoms with Crippen molar-refractivity contribution in [2.45, 2.75) is 0 Å². The van der Waals surface area contributed by atoms with Gasteiger partial charge in [-0.15, -0.1) is 0 Å². The van der Waals surface area contributed by atoms with Crippen molar-refractivity contribution in [1.29, 1.82) is 0 Å². The zero-order valence-electron chi connectivity index (χ0n) is 11.4. The van der Waals surface area contributed by atoms with Gasteiger partial charge in [0.25, 0.3) is 5.56 Å². The molecule has 11 heteroatoms. The Hall–Kier alpha value is -1.58. The number of carbonyl (C=O) groups is 2. The first-order valence-electron chi connectivity index (χ1n) is 5.53. The first-order valence-corrected chi connectivity index (χ1v) is 6.28. The Labute approximate surface area is 159 Å². The van der Waals surface area contributed by atoms with Crippen LogP contribution in [0.5, 0.6) is 0 Å². The summed E-state index contributed by atoms with van der Waals surface area (Å²) in [6.45, 7) is 0. The van der Waals surface area contributed by atoms with Crippen LogP contribution in [0, 0.1) is 0 Å². The van der Waals surface area contributed by atoms with Crippen LogP contribution in [0.25, 0.3) is 5.69 Å². The van der Waals surface area contributed by atoms with Crippen LogP contribution in [0.3, 0.4) is 0 Å². The predicted molar refractivity (Wildman–Crippen MR) is 74.0 cm³/mol. The standard InChI is InChI=1S/C12H6Cl2N2O6.Na/c13-4-1-5(14)3-6(2-4)16-9(17)7(10(18)19)8(11(20)21)15-12(16)22;/h1-3H,(H,15,22)(H,18,19)(H,20,21);/q;+1/p-1. The van der Waals surface area contributed by atoms with Crippen LogP contribution in [-0.2, 0) is 0 Å². The van der Waals surface area contributed by atoms with Crippen LogP contribution in [0.2, 0.25) is 10.0 Å². The molecule has 1 aromatic heterocycles. The van der Waals surface area contributed by atoms with Gasteiger partial charge in [-0.1, -0.05) is 23.2 Å². The number of aromatic amines is 1. The molecule has 8 nitrogen and oxygen atoms in total. The average molecular weight is 367 g/mol. The maximum Gasteiger partial charge on any atom is 1.00 e. The monoisotopic (exact) mass is 366 g/mol. The van der Waals surface area contributed by atoms with E-state index in [1.807, 2.05) is 0 Å². The van der Waals surface area contributed by atoms with E-state index < -0.39 is 34.4 Å². The fourth-order valence-electron chi connectivity index (χ4n) is 1.79. The minimum absolute atomic E-state index is 0. The fraction of sp³-hybridized carbons (Fsp3) is 0. The van der Waals surface area contributed by atoms with Crippen LogP contribution in [0.15, 0.2) is 27.8 Å². The Balaban J connectivity index is 0.00000264. The van der Waals surface area contributed by atoms with Crippen LogP contribution < -0.4 is 45.9 Å². The van der Waals surface area contributed by atoms with Gasteiger partial charge in [0.15, 0.2) is 5.56 Å². The van der Waals surface area contributed by atoms with Crippen molar-refractivity contribution in [2.75, 3.05) is 0 Å². The normalized spacial score (nSPS) is 10.0. The molecule has 0 saturated carbocycles. The van der Waals surface area contributed by atoms with Crippen molar-refractivity contribution in [3.63, 3.8) is 0 Å². The average Bonchev–Trinajstić information content (AvgIpc) is 2.35. The largest absolute Gasteiger partial charge is 1.00 e. The first-order chi connectivity index (χ1) is 10.2. The molecular formula is C12H5Cl2N2NaO6. The van der Waals surface area contributed by atoms with Gasteiger partial charge in [0.1, 0.15) is 0 Å². The molecule has 0 radical (unpaired) electrons. The second-order valence-electron chi connectivity index (χ2n) is 4.04. The van der Waals surface area contributed by atoms with E-state index in [2.05, 4.69) is 0 Å². The van der Waals surface area contributed by atoms with Crippen molar-refractivity contribution in [2.24, 2.45) is 0 Å². The van der Waals surface area contributed by atoms with E-state index in [9.17, 15) is 24.3 Å². The summed E-state index contributed by atoms with van der Waals surface area (Å²) in [6.07, 6.45) is 0. The first kappa shape index (κ1) is 19.5. The number of H-pyrrole nitrogens is 1. The van der Waals surface area contributed by atoms with Gasteiger partial charge < -0.3 is 20.0 Å². The Bertz CT molecular complexity index is 900. The molecule has 23 heavy (non-hydrogen) atoms. The smallest absolute Gasteiger partial charge is 0.543 e. The van der Waals surface area contributed by atoms with E-state index in [1.165, 1.54) is 18.2 Å². The summed E-state index contributed by atoms with van der Waals surface area (Å²) in [5, 5.41) is 20.0. The van der Waals surface area contributed by atoms with E-state index in [4.69, 9.17) is 28.3 Å². The number of hydrogen-bond donors (Lipinski definition) is 2. The summed E-state index contributed by atoms with van der Waals surface area (Å²) in [4.78, 5) is 47.8. The van der Waals surface area contributed by atoms with Crippen molar-refractivity contribution < 1.29 is 49.4 Å². The number of rotatable bonds is 3. The molecule has 114 valence electrons. The van der Waals surface area contributed by atoms with Gasteiger partial charge in [0.2, 0.25) is 0 Å². The number of hydrogen-bond acceptors (Lipinski definition) is 5. The summed E-state index contributed by atoms with van der Waals surface area (Å²) >= 11 is 11.5. The van der Waals surface area contributed by atoms with E-state index in [1.54, 1.807) is 4.98 Å². The molecule has 0 aliphatic heterocycles. The number of halogens is 2. The summed E-state index contributed by atoms with van der Waals surface area (Å²) < 4.78 is 0.410. The number of carboxylic acid groups (broad SMARTS) is 2. The molecule has 1 heterocycles. The number of carbonyl (C=O) groups excluding carboxylic acids is 1. The molecule has 2 rings (SSSR count). The Morgan fingerprint density at radius 2 is 1.65 bits per heavy atom. The van der Waals surface area contributed by atoms with Crippen molar-refractivity contribution in [3.05, 3.63) is 60.3 Å². The van der Waals surface area contributed by atoms with E-state index in [-0.39, 0.29) is 45.3 Å². The van der Waals surface area contributed by atoms with Gasteiger partial charge in [-0.3, -0.25) is 4.79 Å². The second kappa shape index (κ2) is 7.33. The van der Waals surface area contributed by atoms with Crippen LogP contribution in [0.4, 0.5) is 0 Å². The molecule has 2 aromatic rings. The van der Waals surface area contributed by atoms with E-state index in [0.717, 1.165) is 0 Å². The second-order valence-corrected chi connectivity index (χ2v) is 4.91. The van der Waals surface area contributed by atoms with Crippen molar-refractivity contribution in [1.82, 2.24) is 9.55 Å². The SMILES string of the molecule is O=C([O-])c1[nH]c(=O)n(-c2cc(Cl)cc(Cl)c2)c(=O)c1C(=O)O.[Na+]. The van der Waals surface area contributed by atoms with Gasteiger partial charge in [-0.25, -0.2) is 14.2 Å². The fourth-order valence-corrected chi connectivity index (χ4v) is 2.31. The van der Waals surface area contributed by atoms with E-state index in [0.29, 0.717) is 4.57 Å². The van der Waals surface area contributed by atoms with Gasteiger partial charge in [-0.2, -0.15) is 0 Å². The molecule has 0 bridgehead atoms. The minimum Gasteiger partial charge on any atom is -0.543 e. The quantitative estimate of drug-likeness (QED) is 0.553. The van der Waals surface area contributed by atoms with Crippen molar-refractivity contribution >= 4 is 35.1 Å². The zero-order chi connectivity index (χ0) is 16.6. The summed E-state index contributed by atoms with van der Waals surface area (Å²) in [5.74, 6) is -3.83. The third-order valence-corrected chi connectivity index (χ3v) is 3.06. The third kappa shape index (κ3) is 3.85. The van der Waals surface area contributed by atoms with Gasteiger partial charge >= 0.3 is 41.2 Å². The number of carboxylic acids is 2. The summed E-state index contributed by atoms with van der Waals surface area (Å²) in [5.41, 5.74) is -4.90. The molecule has 0 aliphatic carbocycles. The van der Waals surface area contributed by atoms with Gasteiger partial charge in [-0.05, 0) is 18.2 Å². The van der Waals surface area contributed by atoms with Crippen LogP contribution >= 0.6 is 23.2 Å². The molecule has 0 fully saturated rings.